The topological polar surface area (TPSA) is 71.8 Å². The maximum Gasteiger partial charge on any atom is 0.227 e. The number of halogens is 2. The maximum atomic E-state index is 12.2. The molecule has 0 saturated carbocycles. The Kier molecular flexibility index (Phi) is 7.40. The molecule has 3 rings (SSSR count). The first-order chi connectivity index (χ1) is 11.6. The van der Waals surface area contributed by atoms with Crippen LogP contribution in [0.2, 0.25) is 0 Å². The van der Waals surface area contributed by atoms with E-state index in [0.29, 0.717) is 24.7 Å². The highest BCUT2D eigenvalue weighted by Gasteiger charge is 2.21. The summed E-state index contributed by atoms with van der Waals surface area (Å²) >= 11 is 3.41. The van der Waals surface area contributed by atoms with Crippen molar-refractivity contribution in [2.45, 2.75) is 31.6 Å². The van der Waals surface area contributed by atoms with E-state index in [1.54, 1.807) is 4.68 Å². The molecular weight excluding hydrogens is 406 g/mol. The molecule has 2 heterocycles. The highest BCUT2D eigenvalue weighted by molar-refractivity contribution is 9.10. The fourth-order valence-corrected chi connectivity index (χ4v) is 3.13. The first-order valence-corrected chi connectivity index (χ1v) is 9.07. The molecule has 1 fully saturated rings. The van der Waals surface area contributed by atoms with Crippen molar-refractivity contribution in [1.82, 2.24) is 20.1 Å². The van der Waals surface area contributed by atoms with Crippen molar-refractivity contribution in [3.05, 3.63) is 40.1 Å². The van der Waals surface area contributed by atoms with Gasteiger partial charge in [-0.1, -0.05) is 28.1 Å². The third-order valence-corrected chi connectivity index (χ3v) is 4.82. The molecule has 6 nitrogen and oxygen atoms in total. The van der Waals surface area contributed by atoms with Crippen LogP contribution in [-0.4, -0.2) is 33.8 Å². The monoisotopic (exact) mass is 427 g/mol. The molecular formula is C17H23BrClN5O. The number of benzene rings is 1. The number of carbonyl (C=O) groups excluding carboxylic acids is 1. The molecule has 1 aromatic heterocycles. The number of hydrogen-bond donors (Lipinski definition) is 2. The number of anilines is 1. The Morgan fingerprint density at radius 3 is 2.68 bits per heavy atom. The summed E-state index contributed by atoms with van der Waals surface area (Å²) in [5.41, 5.74) is 1.14. The van der Waals surface area contributed by atoms with Gasteiger partial charge in [0.2, 0.25) is 11.9 Å². The SMILES string of the molecule is Cl.Cn1nc(C2CCNCC2)nc1NC(=O)CCc1ccc(Br)cc1. The minimum Gasteiger partial charge on any atom is -0.317 e. The van der Waals surface area contributed by atoms with E-state index in [2.05, 4.69) is 36.6 Å². The van der Waals surface area contributed by atoms with Gasteiger partial charge < -0.3 is 5.32 Å². The van der Waals surface area contributed by atoms with Gasteiger partial charge in [0, 0.05) is 23.9 Å². The number of rotatable bonds is 5. The van der Waals surface area contributed by atoms with E-state index in [1.807, 2.05) is 31.3 Å². The summed E-state index contributed by atoms with van der Waals surface area (Å²) in [6.45, 7) is 2.00. The molecule has 0 spiro atoms. The van der Waals surface area contributed by atoms with Gasteiger partial charge in [0.25, 0.3) is 0 Å². The smallest absolute Gasteiger partial charge is 0.227 e. The molecule has 0 unspecified atom stereocenters. The van der Waals surface area contributed by atoms with Crippen LogP contribution in [0.3, 0.4) is 0 Å². The molecule has 0 aliphatic carbocycles. The standard InChI is InChI=1S/C17H22BrN5O.ClH/c1-23-17(21-16(22-23)13-8-10-19-11-9-13)20-15(24)7-4-12-2-5-14(18)6-3-12;/h2-3,5-6,13,19H,4,7-11H2,1H3,(H,20,21,22,24);1H. The minimum absolute atomic E-state index is 0. The zero-order valence-corrected chi connectivity index (χ0v) is 16.6. The van der Waals surface area contributed by atoms with Gasteiger partial charge in [0.15, 0.2) is 5.82 Å². The van der Waals surface area contributed by atoms with Crippen LogP contribution >= 0.6 is 28.3 Å². The third kappa shape index (κ3) is 5.52. The predicted octanol–water partition coefficient (Wildman–Crippen LogP) is 3.04. The van der Waals surface area contributed by atoms with Crippen LogP contribution in [0.15, 0.2) is 28.7 Å². The molecule has 1 saturated heterocycles. The Bertz CT molecular complexity index is 698. The second-order valence-corrected chi connectivity index (χ2v) is 7.03. The molecule has 136 valence electrons. The van der Waals surface area contributed by atoms with Crippen molar-refractivity contribution in [3.8, 4) is 0 Å². The lowest BCUT2D eigenvalue weighted by atomic mass is 9.98. The van der Waals surface area contributed by atoms with E-state index < -0.39 is 0 Å². The van der Waals surface area contributed by atoms with Crippen LogP contribution in [0.5, 0.6) is 0 Å². The Balaban J connectivity index is 0.00000225. The fraction of sp³-hybridized carbons (Fsp3) is 0.471. The third-order valence-electron chi connectivity index (χ3n) is 4.29. The molecule has 0 atom stereocenters. The number of aromatic nitrogens is 3. The van der Waals surface area contributed by atoms with Crippen LogP contribution < -0.4 is 10.6 Å². The van der Waals surface area contributed by atoms with E-state index in [0.717, 1.165) is 41.8 Å². The van der Waals surface area contributed by atoms with Crippen molar-refractivity contribution in [2.75, 3.05) is 18.4 Å². The maximum absolute atomic E-state index is 12.2. The molecule has 1 aliphatic rings. The minimum atomic E-state index is -0.0368. The Morgan fingerprint density at radius 2 is 2.00 bits per heavy atom. The number of piperidine rings is 1. The van der Waals surface area contributed by atoms with E-state index in [1.165, 1.54) is 0 Å². The van der Waals surface area contributed by atoms with Crippen LogP contribution in [0.4, 0.5) is 5.95 Å². The number of amides is 1. The summed E-state index contributed by atoms with van der Waals surface area (Å²) in [6.07, 6.45) is 3.22. The molecule has 8 heteroatoms. The van der Waals surface area contributed by atoms with Crippen molar-refractivity contribution in [1.29, 1.82) is 0 Å². The lowest BCUT2D eigenvalue weighted by molar-refractivity contribution is -0.116. The first-order valence-electron chi connectivity index (χ1n) is 8.28. The van der Waals surface area contributed by atoms with E-state index in [9.17, 15) is 4.79 Å². The first kappa shape index (κ1) is 19.9. The number of nitrogens with zero attached hydrogens (tertiary/aromatic N) is 3. The largest absolute Gasteiger partial charge is 0.317 e. The Hall–Kier alpha value is -1.44. The summed E-state index contributed by atoms with van der Waals surface area (Å²) in [5.74, 6) is 1.71. The van der Waals surface area contributed by atoms with Crippen LogP contribution in [0, 0.1) is 0 Å². The molecule has 0 bridgehead atoms. The number of nitrogens with one attached hydrogen (secondary N) is 2. The molecule has 0 radical (unpaired) electrons. The number of hydrogen-bond acceptors (Lipinski definition) is 4. The summed E-state index contributed by atoms with van der Waals surface area (Å²) in [5, 5.41) is 10.7. The van der Waals surface area contributed by atoms with E-state index >= 15 is 0 Å². The molecule has 1 aliphatic heterocycles. The second-order valence-electron chi connectivity index (χ2n) is 6.12. The molecule has 1 aromatic carbocycles. The normalized spacial score (nSPS) is 14.8. The zero-order valence-electron chi connectivity index (χ0n) is 14.2. The van der Waals surface area contributed by atoms with Gasteiger partial charge in [-0.15, -0.1) is 12.4 Å². The summed E-state index contributed by atoms with van der Waals surface area (Å²) in [6, 6.07) is 8.02. The average molecular weight is 429 g/mol. The van der Waals surface area contributed by atoms with Crippen LogP contribution in [0.25, 0.3) is 0 Å². The highest BCUT2D eigenvalue weighted by atomic mass is 79.9. The van der Waals surface area contributed by atoms with E-state index in [-0.39, 0.29) is 18.3 Å². The van der Waals surface area contributed by atoms with Crippen molar-refractivity contribution < 1.29 is 4.79 Å². The van der Waals surface area contributed by atoms with Gasteiger partial charge in [-0.3, -0.25) is 10.1 Å². The van der Waals surface area contributed by atoms with Crippen molar-refractivity contribution >= 4 is 40.2 Å². The average Bonchev–Trinajstić information content (AvgIpc) is 2.96. The highest BCUT2D eigenvalue weighted by Crippen LogP contribution is 2.23. The molecule has 25 heavy (non-hydrogen) atoms. The van der Waals surface area contributed by atoms with Crippen LogP contribution in [0.1, 0.15) is 36.6 Å². The van der Waals surface area contributed by atoms with Gasteiger partial charge in [-0.05, 0) is 50.0 Å². The molecule has 1 amide bonds. The van der Waals surface area contributed by atoms with Gasteiger partial charge >= 0.3 is 0 Å². The van der Waals surface area contributed by atoms with Crippen molar-refractivity contribution in [3.63, 3.8) is 0 Å². The Morgan fingerprint density at radius 1 is 1.32 bits per heavy atom. The summed E-state index contributed by atoms with van der Waals surface area (Å²) < 4.78 is 2.70. The van der Waals surface area contributed by atoms with Crippen LogP contribution in [-0.2, 0) is 18.3 Å². The summed E-state index contributed by atoms with van der Waals surface area (Å²) in [7, 11) is 1.82. The van der Waals surface area contributed by atoms with Gasteiger partial charge in [-0.2, -0.15) is 10.1 Å². The van der Waals surface area contributed by atoms with Gasteiger partial charge in [0.1, 0.15) is 0 Å². The van der Waals surface area contributed by atoms with Gasteiger partial charge in [0.05, 0.1) is 0 Å². The van der Waals surface area contributed by atoms with E-state index in [4.69, 9.17) is 0 Å². The zero-order chi connectivity index (χ0) is 16.9. The lowest BCUT2D eigenvalue weighted by Crippen LogP contribution is -2.27. The number of aryl methyl sites for hydroxylation is 2. The van der Waals surface area contributed by atoms with Gasteiger partial charge in [-0.25, -0.2) is 4.68 Å². The Labute approximate surface area is 162 Å². The fourth-order valence-electron chi connectivity index (χ4n) is 2.86. The predicted molar refractivity (Wildman–Crippen MR) is 104 cm³/mol. The lowest BCUT2D eigenvalue weighted by Gasteiger charge is -2.19. The quantitative estimate of drug-likeness (QED) is 0.768. The molecule has 2 N–H and O–H groups in total. The summed E-state index contributed by atoms with van der Waals surface area (Å²) in [4.78, 5) is 16.7. The van der Waals surface area contributed by atoms with Crippen molar-refractivity contribution in [2.24, 2.45) is 7.05 Å². The second kappa shape index (κ2) is 9.31. The molecule has 2 aromatic rings. The number of carbonyl (C=O) groups is 1.